The summed E-state index contributed by atoms with van der Waals surface area (Å²) in [6, 6.07) is 6.64. The Morgan fingerprint density at radius 1 is 1.08 bits per heavy atom. The van der Waals surface area contributed by atoms with Crippen LogP contribution in [-0.4, -0.2) is 51.3 Å². The van der Waals surface area contributed by atoms with E-state index in [0.717, 1.165) is 5.56 Å². The van der Waals surface area contributed by atoms with Crippen LogP contribution in [0, 0.1) is 0 Å². The Hall–Kier alpha value is -2.23. The van der Waals surface area contributed by atoms with Crippen LogP contribution in [0.2, 0.25) is 0 Å². The van der Waals surface area contributed by atoms with E-state index in [4.69, 9.17) is 30.6 Å². The predicted molar refractivity (Wildman–Crippen MR) is 87.6 cm³/mol. The van der Waals surface area contributed by atoms with Crippen LogP contribution < -0.4 is 21.4 Å². The first-order chi connectivity index (χ1) is 11.4. The number of carbonyl (C=O) groups excluding carboxylic acids is 1. The highest BCUT2D eigenvalue weighted by atomic mass is 16.5. The van der Waals surface area contributed by atoms with Crippen LogP contribution in [0.15, 0.2) is 42.7 Å². The van der Waals surface area contributed by atoms with Crippen molar-refractivity contribution in [2.75, 3.05) is 0 Å². The second kappa shape index (κ2) is 8.04. The number of ether oxygens (including phenoxy) is 1. The summed E-state index contributed by atoms with van der Waals surface area (Å²) in [6.45, 7) is 0. The number of hydrogen-bond acceptors (Lipinski definition) is 8. The third-order valence-corrected chi connectivity index (χ3v) is 3.29. The molecule has 1 aromatic carbocycles. The molecule has 1 heterocycles. The summed E-state index contributed by atoms with van der Waals surface area (Å²) in [5.41, 5.74) is 6.95. The normalized spacial score (nSPS) is 11.7. The van der Waals surface area contributed by atoms with E-state index in [-0.39, 0.29) is 17.6 Å². The monoisotopic (exact) mass is 330 g/mol. The van der Waals surface area contributed by atoms with E-state index >= 15 is 0 Å². The Bertz CT molecular complexity index is 696. The van der Waals surface area contributed by atoms with Crippen molar-refractivity contribution < 1.29 is 29.6 Å². The van der Waals surface area contributed by atoms with Gasteiger partial charge in [-0.05, 0) is 23.5 Å². The number of nitrogens with zero attached hydrogens (tertiary/aromatic N) is 1. The van der Waals surface area contributed by atoms with Crippen LogP contribution in [-0.2, 0) is 11.2 Å². The highest BCUT2D eigenvalue weighted by molar-refractivity contribution is 6.58. The van der Waals surface area contributed by atoms with E-state index in [1.165, 1.54) is 30.6 Å². The van der Waals surface area contributed by atoms with E-state index in [9.17, 15) is 4.79 Å². The third-order valence-electron chi connectivity index (χ3n) is 3.29. The molecular formula is C14H16B2N2O6. The number of aromatic nitrogens is 1. The first-order valence-electron chi connectivity index (χ1n) is 7.10. The molecule has 2 aromatic rings. The number of pyridine rings is 1. The zero-order valence-corrected chi connectivity index (χ0v) is 12.6. The van der Waals surface area contributed by atoms with Crippen molar-refractivity contribution in [2.45, 2.75) is 12.5 Å². The molecule has 0 spiro atoms. The van der Waals surface area contributed by atoms with Crippen molar-refractivity contribution in [3.63, 3.8) is 0 Å². The lowest BCUT2D eigenvalue weighted by atomic mass is 9.80. The van der Waals surface area contributed by atoms with Gasteiger partial charge in [0, 0.05) is 11.7 Å². The van der Waals surface area contributed by atoms with E-state index in [1.807, 2.05) is 0 Å². The molecule has 124 valence electrons. The molecule has 1 atom stereocenters. The molecule has 10 heteroatoms. The second-order valence-corrected chi connectivity index (χ2v) is 5.17. The molecule has 0 saturated carbocycles. The maximum absolute atomic E-state index is 12.0. The minimum atomic E-state index is -1.72. The number of rotatable bonds is 6. The van der Waals surface area contributed by atoms with Crippen LogP contribution in [0.3, 0.4) is 0 Å². The topological polar surface area (TPSA) is 146 Å². The van der Waals surface area contributed by atoms with Crippen LogP contribution in [0.1, 0.15) is 5.56 Å². The second-order valence-electron chi connectivity index (χ2n) is 5.17. The van der Waals surface area contributed by atoms with Gasteiger partial charge in [0.05, 0.1) is 6.20 Å². The zero-order chi connectivity index (χ0) is 17.7. The van der Waals surface area contributed by atoms with Gasteiger partial charge in [-0.3, -0.25) is 4.98 Å². The van der Waals surface area contributed by atoms with Gasteiger partial charge in [0.1, 0.15) is 11.8 Å². The Balaban J connectivity index is 1.98. The summed E-state index contributed by atoms with van der Waals surface area (Å²) in [4.78, 5) is 15.7. The Kier molecular flexibility index (Phi) is 6.07. The largest absolute Gasteiger partial charge is 0.490 e. The maximum Gasteiger partial charge on any atom is 0.490 e. The van der Waals surface area contributed by atoms with E-state index in [1.54, 1.807) is 12.1 Å². The van der Waals surface area contributed by atoms with Gasteiger partial charge in [-0.15, -0.1) is 0 Å². The predicted octanol–water partition coefficient (Wildman–Crippen LogP) is -3.08. The van der Waals surface area contributed by atoms with E-state index in [2.05, 4.69) is 4.98 Å². The highest BCUT2D eigenvalue weighted by Gasteiger charge is 2.19. The maximum atomic E-state index is 12.0. The summed E-state index contributed by atoms with van der Waals surface area (Å²) >= 11 is 0. The first-order valence-corrected chi connectivity index (χ1v) is 7.10. The average molecular weight is 330 g/mol. The standard InChI is InChI=1S/C14H16B2N2O6/c17-13(5-9-1-3-10(4-2-9)15(20)21)14(19)24-12-6-11(16(22)23)7-18-8-12/h1-4,6-8,13,20-23H,5,17H2/t13-/m0/s1. The van der Waals surface area contributed by atoms with Gasteiger partial charge in [-0.25, -0.2) is 4.79 Å². The first kappa shape index (κ1) is 18.1. The summed E-state index contributed by atoms with van der Waals surface area (Å²) < 4.78 is 5.07. The molecule has 2 rings (SSSR count). The lowest BCUT2D eigenvalue weighted by Gasteiger charge is -2.12. The molecule has 0 saturated heterocycles. The molecule has 0 radical (unpaired) electrons. The number of esters is 1. The molecule has 8 nitrogen and oxygen atoms in total. The van der Waals surface area contributed by atoms with Crippen molar-refractivity contribution in [2.24, 2.45) is 5.73 Å². The molecular weight excluding hydrogens is 314 g/mol. The number of nitrogens with two attached hydrogens (primary N) is 1. The molecule has 0 aliphatic carbocycles. The SMILES string of the molecule is N[C@@H](Cc1ccc(B(O)O)cc1)C(=O)Oc1cncc(B(O)O)c1. The molecule has 0 unspecified atom stereocenters. The summed E-state index contributed by atoms with van der Waals surface area (Å²) in [7, 11) is -3.27. The zero-order valence-electron chi connectivity index (χ0n) is 12.6. The summed E-state index contributed by atoms with van der Waals surface area (Å²) in [6.07, 6.45) is 2.68. The van der Waals surface area contributed by atoms with Crippen molar-refractivity contribution in [3.8, 4) is 5.75 Å². The van der Waals surface area contributed by atoms with Crippen molar-refractivity contribution >= 4 is 31.1 Å². The highest BCUT2D eigenvalue weighted by Crippen LogP contribution is 2.08. The number of benzene rings is 1. The van der Waals surface area contributed by atoms with Crippen molar-refractivity contribution in [3.05, 3.63) is 48.3 Å². The van der Waals surface area contributed by atoms with Crippen LogP contribution in [0.25, 0.3) is 0 Å². The quantitative estimate of drug-likeness (QED) is 0.277. The average Bonchev–Trinajstić information content (AvgIpc) is 2.55. The number of carbonyl (C=O) groups is 1. The number of hydrogen-bond donors (Lipinski definition) is 5. The lowest BCUT2D eigenvalue weighted by molar-refractivity contribution is -0.135. The van der Waals surface area contributed by atoms with Gasteiger partial charge in [0.25, 0.3) is 0 Å². The molecule has 1 aromatic heterocycles. The Labute approximate surface area is 138 Å². The Morgan fingerprint density at radius 2 is 1.71 bits per heavy atom. The van der Waals surface area contributed by atoms with Gasteiger partial charge >= 0.3 is 20.2 Å². The van der Waals surface area contributed by atoms with Crippen LogP contribution in [0.4, 0.5) is 0 Å². The fourth-order valence-corrected chi connectivity index (χ4v) is 1.99. The van der Waals surface area contributed by atoms with Gasteiger partial charge < -0.3 is 30.6 Å². The molecule has 24 heavy (non-hydrogen) atoms. The molecule has 0 bridgehead atoms. The van der Waals surface area contributed by atoms with Crippen molar-refractivity contribution in [1.82, 2.24) is 4.98 Å². The van der Waals surface area contributed by atoms with Gasteiger partial charge in [0.15, 0.2) is 0 Å². The van der Waals surface area contributed by atoms with Gasteiger partial charge in [-0.2, -0.15) is 0 Å². The molecule has 0 aliphatic rings. The summed E-state index contributed by atoms with van der Waals surface area (Å²) in [5.74, 6) is -0.646. The van der Waals surface area contributed by atoms with Crippen LogP contribution in [0.5, 0.6) is 5.75 Å². The lowest BCUT2D eigenvalue weighted by Crippen LogP contribution is -2.37. The fourth-order valence-electron chi connectivity index (χ4n) is 1.99. The van der Waals surface area contributed by atoms with E-state index in [0.29, 0.717) is 5.46 Å². The minimum absolute atomic E-state index is 0.0554. The van der Waals surface area contributed by atoms with Gasteiger partial charge in [-0.1, -0.05) is 24.3 Å². The van der Waals surface area contributed by atoms with Crippen molar-refractivity contribution in [1.29, 1.82) is 0 Å². The molecule has 6 N–H and O–H groups in total. The van der Waals surface area contributed by atoms with Crippen LogP contribution >= 0.6 is 0 Å². The molecule has 0 fully saturated rings. The molecule has 0 aliphatic heterocycles. The third kappa shape index (κ3) is 4.88. The Morgan fingerprint density at radius 3 is 2.29 bits per heavy atom. The summed E-state index contributed by atoms with van der Waals surface area (Å²) in [5, 5.41) is 36.2. The van der Waals surface area contributed by atoms with Gasteiger partial charge in [0.2, 0.25) is 0 Å². The smallest absolute Gasteiger partial charge is 0.424 e. The fraction of sp³-hybridized carbons (Fsp3) is 0.143. The molecule has 0 amide bonds. The van der Waals surface area contributed by atoms with E-state index < -0.39 is 26.2 Å². The minimum Gasteiger partial charge on any atom is -0.424 e.